The molecule has 0 amide bonds. The van der Waals surface area contributed by atoms with Crippen LogP contribution in [0.5, 0.6) is 0 Å². The molecule has 1 aromatic rings. The summed E-state index contributed by atoms with van der Waals surface area (Å²) in [4.78, 5) is 1.05. The van der Waals surface area contributed by atoms with Crippen molar-refractivity contribution in [3.05, 3.63) is 21.9 Å². The third kappa shape index (κ3) is 1.50. The maximum atomic E-state index is 8.45. The smallest absolute Gasteiger partial charge is 0.100 e. The van der Waals surface area contributed by atoms with Crippen molar-refractivity contribution in [2.75, 3.05) is 0 Å². The summed E-state index contributed by atoms with van der Waals surface area (Å²) in [6.07, 6.45) is 0. The van der Waals surface area contributed by atoms with Gasteiger partial charge >= 0.3 is 0 Å². The molecule has 0 fully saturated rings. The van der Waals surface area contributed by atoms with Crippen molar-refractivity contribution in [2.45, 2.75) is 12.3 Å². The van der Waals surface area contributed by atoms with Crippen molar-refractivity contribution >= 4 is 22.9 Å². The fraction of sp³-hybridized carbons (Fsp3) is 0.286. The summed E-state index contributed by atoms with van der Waals surface area (Å²) in [6, 6.07) is 3.88. The summed E-state index contributed by atoms with van der Waals surface area (Å²) in [5.41, 5.74) is 0.701. The van der Waals surface area contributed by atoms with Gasteiger partial charge < -0.3 is 0 Å². The monoisotopic (exact) mass is 171 g/mol. The highest BCUT2D eigenvalue weighted by atomic mass is 35.5. The maximum absolute atomic E-state index is 8.45. The molecule has 1 unspecified atom stereocenters. The lowest BCUT2D eigenvalue weighted by Gasteiger charge is -1.93. The predicted molar refractivity (Wildman–Crippen MR) is 43.3 cm³/mol. The van der Waals surface area contributed by atoms with E-state index in [0.717, 1.165) is 4.88 Å². The molecular weight excluding hydrogens is 166 g/mol. The second kappa shape index (κ2) is 3.05. The first kappa shape index (κ1) is 7.59. The van der Waals surface area contributed by atoms with Crippen LogP contribution < -0.4 is 0 Å². The normalized spacial score (nSPS) is 12.5. The Balaban J connectivity index is 2.91. The molecule has 1 rings (SSSR count). The maximum Gasteiger partial charge on any atom is 0.100 e. The average Bonchev–Trinajstić information content (AvgIpc) is 2.34. The summed E-state index contributed by atoms with van der Waals surface area (Å²) in [6.45, 7) is 1.90. The number of hydrogen-bond acceptors (Lipinski definition) is 2. The van der Waals surface area contributed by atoms with Crippen LogP contribution in [0.1, 0.15) is 22.7 Å². The molecule has 0 radical (unpaired) electrons. The van der Waals surface area contributed by atoms with Crippen molar-refractivity contribution in [1.29, 1.82) is 5.26 Å². The van der Waals surface area contributed by atoms with Gasteiger partial charge in [-0.1, -0.05) is 0 Å². The van der Waals surface area contributed by atoms with Crippen LogP contribution in [0.3, 0.4) is 0 Å². The molecule has 1 atom stereocenters. The molecule has 3 heteroatoms. The Kier molecular flexibility index (Phi) is 2.31. The Morgan fingerprint density at radius 1 is 1.80 bits per heavy atom. The molecule has 0 aromatic carbocycles. The van der Waals surface area contributed by atoms with Gasteiger partial charge in [0, 0.05) is 10.3 Å². The van der Waals surface area contributed by atoms with Crippen LogP contribution in [0.25, 0.3) is 0 Å². The van der Waals surface area contributed by atoms with E-state index in [1.807, 2.05) is 18.4 Å². The number of rotatable bonds is 1. The van der Waals surface area contributed by atoms with Crippen molar-refractivity contribution in [3.63, 3.8) is 0 Å². The Hall–Kier alpha value is -0.520. The standard InChI is InChI=1S/C7H6ClNS/c1-5(8)7-2-6(3-9)4-10-7/h2,4-5H,1H3. The van der Waals surface area contributed by atoms with Gasteiger partial charge in [0.1, 0.15) is 6.07 Å². The molecule has 0 spiro atoms. The molecule has 0 aliphatic heterocycles. The lowest BCUT2D eigenvalue weighted by atomic mass is 10.3. The zero-order valence-corrected chi connectivity index (χ0v) is 7.04. The number of nitrogens with zero attached hydrogens (tertiary/aromatic N) is 1. The van der Waals surface area contributed by atoms with Crippen molar-refractivity contribution in [2.24, 2.45) is 0 Å². The average molecular weight is 172 g/mol. The molecule has 1 aromatic heterocycles. The second-order valence-corrected chi connectivity index (χ2v) is 3.56. The van der Waals surface area contributed by atoms with E-state index in [0.29, 0.717) is 5.56 Å². The van der Waals surface area contributed by atoms with Gasteiger partial charge in [-0.25, -0.2) is 0 Å². The lowest BCUT2D eigenvalue weighted by molar-refractivity contribution is 1.12. The first-order valence-corrected chi connectivity index (χ1v) is 4.18. The van der Waals surface area contributed by atoms with Crippen molar-refractivity contribution < 1.29 is 0 Å². The van der Waals surface area contributed by atoms with Gasteiger partial charge in [-0.3, -0.25) is 0 Å². The predicted octanol–water partition coefficient (Wildman–Crippen LogP) is 2.92. The first-order valence-electron chi connectivity index (χ1n) is 2.86. The van der Waals surface area contributed by atoms with E-state index in [-0.39, 0.29) is 5.38 Å². The van der Waals surface area contributed by atoms with Gasteiger partial charge in [0.05, 0.1) is 10.9 Å². The molecule has 0 N–H and O–H groups in total. The largest absolute Gasteiger partial charge is 0.192 e. The van der Waals surface area contributed by atoms with Gasteiger partial charge in [-0.2, -0.15) is 5.26 Å². The summed E-state index contributed by atoms with van der Waals surface area (Å²) < 4.78 is 0. The number of hydrogen-bond donors (Lipinski definition) is 0. The highest BCUT2D eigenvalue weighted by Crippen LogP contribution is 2.25. The van der Waals surface area contributed by atoms with Gasteiger partial charge in [0.15, 0.2) is 0 Å². The molecule has 1 nitrogen and oxygen atoms in total. The van der Waals surface area contributed by atoms with E-state index in [2.05, 4.69) is 6.07 Å². The Morgan fingerprint density at radius 3 is 2.80 bits per heavy atom. The molecule has 0 saturated heterocycles. The third-order valence-electron chi connectivity index (χ3n) is 1.14. The molecule has 0 bridgehead atoms. The van der Waals surface area contributed by atoms with Crippen LogP contribution in [-0.2, 0) is 0 Å². The van der Waals surface area contributed by atoms with Crippen LogP contribution in [-0.4, -0.2) is 0 Å². The number of alkyl halides is 1. The van der Waals surface area contributed by atoms with E-state index in [4.69, 9.17) is 16.9 Å². The van der Waals surface area contributed by atoms with Crippen LogP contribution in [0.4, 0.5) is 0 Å². The van der Waals surface area contributed by atoms with Gasteiger partial charge in [0.2, 0.25) is 0 Å². The highest BCUT2D eigenvalue weighted by Gasteiger charge is 2.03. The van der Waals surface area contributed by atoms with Crippen LogP contribution in [0, 0.1) is 11.3 Å². The van der Waals surface area contributed by atoms with Crippen LogP contribution >= 0.6 is 22.9 Å². The number of halogens is 1. The minimum absolute atomic E-state index is 0.0205. The minimum Gasteiger partial charge on any atom is -0.192 e. The second-order valence-electron chi connectivity index (χ2n) is 1.97. The highest BCUT2D eigenvalue weighted by molar-refractivity contribution is 7.10. The number of thiophene rings is 1. The van der Waals surface area contributed by atoms with Crippen molar-refractivity contribution in [1.82, 2.24) is 0 Å². The van der Waals surface area contributed by atoms with E-state index >= 15 is 0 Å². The topological polar surface area (TPSA) is 23.8 Å². The quantitative estimate of drug-likeness (QED) is 0.596. The molecule has 10 heavy (non-hydrogen) atoms. The van der Waals surface area contributed by atoms with E-state index in [1.165, 1.54) is 11.3 Å². The van der Waals surface area contributed by atoms with Gasteiger partial charge in [-0.05, 0) is 13.0 Å². The summed E-state index contributed by atoms with van der Waals surface area (Å²) in [5, 5.41) is 10.3. The zero-order chi connectivity index (χ0) is 7.56. The van der Waals surface area contributed by atoms with Crippen molar-refractivity contribution in [3.8, 4) is 6.07 Å². The molecule has 1 heterocycles. The SMILES string of the molecule is CC(Cl)c1cc(C#N)cs1. The molecular formula is C7H6ClNS. The lowest BCUT2D eigenvalue weighted by Crippen LogP contribution is -1.74. The molecule has 0 aliphatic rings. The molecule has 52 valence electrons. The summed E-state index contributed by atoms with van der Waals surface area (Å²) >= 11 is 7.30. The minimum atomic E-state index is 0.0205. The first-order chi connectivity index (χ1) is 4.74. The fourth-order valence-corrected chi connectivity index (χ4v) is 1.60. The van der Waals surface area contributed by atoms with E-state index < -0.39 is 0 Å². The number of nitriles is 1. The van der Waals surface area contributed by atoms with Gasteiger partial charge in [-0.15, -0.1) is 22.9 Å². The fourth-order valence-electron chi connectivity index (χ4n) is 0.620. The Morgan fingerprint density at radius 2 is 2.50 bits per heavy atom. The zero-order valence-electron chi connectivity index (χ0n) is 5.47. The van der Waals surface area contributed by atoms with E-state index in [9.17, 15) is 0 Å². The molecule has 0 aliphatic carbocycles. The summed E-state index contributed by atoms with van der Waals surface area (Å²) in [7, 11) is 0. The summed E-state index contributed by atoms with van der Waals surface area (Å²) in [5.74, 6) is 0. The van der Waals surface area contributed by atoms with Crippen LogP contribution in [0.15, 0.2) is 11.4 Å². The Bertz CT molecular complexity index is 259. The van der Waals surface area contributed by atoms with Crippen LogP contribution in [0.2, 0.25) is 0 Å². The van der Waals surface area contributed by atoms with Gasteiger partial charge in [0.25, 0.3) is 0 Å². The van der Waals surface area contributed by atoms with E-state index in [1.54, 1.807) is 0 Å². The third-order valence-corrected chi connectivity index (χ3v) is 2.62. The molecule has 0 saturated carbocycles. The Labute approximate surface area is 68.9 Å².